The summed E-state index contributed by atoms with van der Waals surface area (Å²) in [6.45, 7) is 7.08. The Hall–Kier alpha value is -0.610. The monoisotopic (exact) mass is 280 g/mol. The van der Waals surface area contributed by atoms with Crippen LogP contribution in [0, 0.1) is 17.3 Å². The number of ether oxygens (including phenoxy) is 1. The van der Waals surface area contributed by atoms with Crippen molar-refractivity contribution in [2.45, 2.75) is 70.6 Å². The van der Waals surface area contributed by atoms with Crippen molar-refractivity contribution in [3.63, 3.8) is 0 Å². The van der Waals surface area contributed by atoms with Gasteiger partial charge in [0.15, 0.2) is 0 Å². The van der Waals surface area contributed by atoms with Crippen LogP contribution in [-0.4, -0.2) is 30.2 Å². The summed E-state index contributed by atoms with van der Waals surface area (Å²) in [6.07, 6.45) is 5.93. The molecular weight excluding hydrogens is 252 g/mol. The molecule has 1 heterocycles. The molecule has 2 aliphatic carbocycles. The number of hydrogen-bond acceptors (Lipinski definition) is 3. The Balaban J connectivity index is 1.71. The fourth-order valence-electron chi connectivity index (χ4n) is 4.42. The van der Waals surface area contributed by atoms with Crippen LogP contribution in [0.1, 0.15) is 52.9 Å². The fraction of sp³-hybridized carbons (Fsp3) is 0.938. The zero-order valence-electron chi connectivity index (χ0n) is 12.9. The Morgan fingerprint density at radius 1 is 1.30 bits per heavy atom. The van der Waals surface area contributed by atoms with E-state index in [9.17, 15) is 4.79 Å². The minimum Gasteiger partial charge on any atom is -0.377 e. The molecule has 0 bridgehead atoms. The van der Waals surface area contributed by atoms with Crippen molar-refractivity contribution in [1.82, 2.24) is 5.32 Å². The molecule has 0 radical (unpaired) electrons. The van der Waals surface area contributed by atoms with Crippen LogP contribution >= 0.6 is 0 Å². The molecule has 20 heavy (non-hydrogen) atoms. The number of nitrogens with two attached hydrogens (primary N) is 1. The molecule has 3 N–H and O–H groups in total. The number of amides is 1. The molecule has 0 spiro atoms. The van der Waals surface area contributed by atoms with Gasteiger partial charge in [-0.15, -0.1) is 0 Å². The van der Waals surface area contributed by atoms with Gasteiger partial charge in [0.2, 0.25) is 5.91 Å². The summed E-state index contributed by atoms with van der Waals surface area (Å²) in [7, 11) is 0. The Kier molecular flexibility index (Phi) is 3.37. The van der Waals surface area contributed by atoms with E-state index in [1.54, 1.807) is 0 Å². The van der Waals surface area contributed by atoms with Gasteiger partial charge in [-0.1, -0.05) is 20.3 Å². The first-order valence-electron chi connectivity index (χ1n) is 8.10. The van der Waals surface area contributed by atoms with Gasteiger partial charge in [0.25, 0.3) is 0 Å². The highest BCUT2D eigenvalue weighted by molar-refractivity contribution is 5.89. The average molecular weight is 280 g/mol. The number of fused-ring (bicyclic) bond motifs is 1. The lowest BCUT2D eigenvalue weighted by Crippen LogP contribution is -2.82. The van der Waals surface area contributed by atoms with E-state index >= 15 is 0 Å². The molecular formula is C16H28N2O2. The van der Waals surface area contributed by atoms with Crippen LogP contribution in [-0.2, 0) is 9.53 Å². The molecule has 1 saturated heterocycles. The first-order valence-corrected chi connectivity index (χ1v) is 8.10. The molecule has 2 saturated carbocycles. The lowest BCUT2D eigenvalue weighted by Gasteiger charge is -2.65. The molecule has 1 aliphatic heterocycles. The minimum absolute atomic E-state index is 0.0358. The summed E-state index contributed by atoms with van der Waals surface area (Å²) in [4.78, 5) is 12.8. The van der Waals surface area contributed by atoms with Gasteiger partial charge in [0.05, 0.1) is 6.10 Å². The topological polar surface area (TPSA) is 64.4 Å². The maximum atomic E-state index is 12.8. The zero-order chi connectivity index (χ0) is 14.5. The predicted molar refractivity (Wildman–Crippen MR) is 78.1 cm³/mol. The van der Waals surface area contributed by atoms with Crippen LogP contribution in [0.25, 0.3) is 0 Å². The van der Waals surface area contributed by atoms with E-state index in [-0.39, 0.29) is 29.4 Å². The Labute approximate surface area is 121 Å². The molecule has 3 aliphatic rings. The predicted octanol–water partition coefficient (Wildman–Crippen LogP) is 1.82. The Bertz CT molecular complexity index is 405. The fourth-order valence-corrected chi connectivity index (χ4v) is 4.42. The molecule has 0 aromatic heterocycles. The molecule has 3 fully saturated rings. The van der Waals surface area contributed by atoms with Gasteiger partial charge in [-0.05, 0) is 38.5 Å². The summed E-state index contributed by atoms with van der Waals surface area (Å²) < 4.78 is 5.86. The van der Waals surface area contributed by atoms with Crippen molar-refractivity contribution in [1.29, 1.82) is 0 Å². The van der Waals surface area contributed by atoms with Crippen LogP contribution in [0.15, 0.2) is 0 Å². The lowest BCUT2D eigenvalue weighted by molar-refractivity contribution is -0.225. The molecule has 4 nitrogen and oxygen atoms in total. The Morgan fingerprint density at radius 2 is 2.00 bits per heavy atom. The third kappa shape index (κ3) is 1.77. The quantitative estimate of drug-likeness (QED) is 0.829. The third-order valence-corrected chi connectivity index (χ3v) is 6.28. The SMILES string of the molecule is CC(NC(=O)C1(N)C2CCCOC2C1(C)C)C1CCC1. The van der Waals surface area contributed by atoms with Crippen molar-refractivity contribution in [2.24, 2.45) is 23.0 Å². The van der Waals surface area contributed by atoms with Crippen molar-refractivity contribution in [2.75, 3.05) is 6.61 Å². The van der Waals surface area contributed by atoms with Gasteiger partial charge in [0, 0.05) is 24.0 Å². The van der Waals surface area contributed by atoms with Crippen molar-refractivity contribution >= 4 is 5.91 Å². The van der Waals surface area contributed by atoms with Crippen LogP contribution in [0.2, 0.25) is 0 Å². The largest absolute Gasteiger partial charge is 0.377 e. The van der Waals surface area contributed by atoms with Crippen LogP contribution < -0.4 is 11.1 Å². The van der Waals surface area contributed by atoms with E-state index in [1.807, 2.05) is 0 Å². The number of rotatable bonds is 3. The second kappa shape index (κ2) is 4.70. The van der Waals surface area contributed by atoms with E-state index in [1.165, 1.54) is 19.3 Å². The van der Waals surface area contributed by atoms with Gasteiger partial charge < -0.3 is 15.8 Å². The maximum absolute atomic E-state index is 12.8. The van der Waals surface area contributed by atoms with Crippen molar-refractivity contribution < 1.29 is 9.53 Å². The normalized spacial score (nSPS) is 41.0. The average Bonchev–Trinajstić information content (AvgIpc) is 2.35. The maximum Gasteiger partial charge on any atom is 0.241 e. The second-order valence-corrected chi connectivity index (χ2v) is 7.58. The molecule has 0 aromatic carbocycles. The Morgan fingerprint density at radius 3 is 2.60 bits per heavy atom. The number of hydrogen-bond donors (Lipinski definition) is 2. The number of nitrogens with one attached hydrogen (secondary N) is 1. The van der Waals surface area contributed by atoms with Crippen LogP contribution in [0.3, 0.4) is 0 Å². The summed E-state index contributed by atoms with van der Waals surface area (Å²) in [6, 6.07) is 0.246. The summed E-state index contributed by atoms with van der Waals surface area (Å²) in [5.74, 6) is 0.859. The highest BCUT2D eigenvalue weighted by Gasteiger charge is 2.70. The lowest BCUT2D eigenvalue weighted by atomic mass is 9.46. The van der Waals surface area contributed by atoms with E-state index in [4.69, 9.17) is 10.5 Å². The second-order valence-electron chi connectivity index (χ2n) is 7.58. The number of carbonyl (C=O) groups excluding carboxylic acids is 1. The first kappa shape index (κ1) is 14.3. The molecule has 4 atom stereocenters. The van der Waals surface area contributed by atoms with Gasteiger partial charge in [-0.2, -0.15) is 0 Å². The van der Waals surface area contributed by atoms with Crippen LogP contribution in [0.4, 0.5) is 0 Å². The van der Waals surface area contributed by atoms with Gasteiger partial charge in [-0.3, -0.25) is 4.79 Å². The van der Waals surface area contributed by atoms with E-state index in [0.29, 0.717) is 5.92 Å². The third-order valence-electron chi connectivity index (χ3n) is 6.28. The summed E-state index contributed by atoms with van der Waals surface area (Å²) >= 11 is 0. The highest BCUT2D eigenvalue weighted by Crippen LogP contribution is 2.57. The van der Waals surface area contributed by atoms with E-state index in [2.05, 4.69) is 26.1 Å². The van der Waals surface area contributed by atoms with Crippen molar-refractivity contribution in [3.05, 3.63) is 0 Å². The molecule has 4 unspecified atom stereocenters. The number of carbonyl (C=O) groups is 1. The smallest absolute Gasteiger partial charge is 0.241 e. The highest BCUT2D eigenvalue weighted by atomic mass is 16.5. The molecule has 1 amide bonds. The molecule has 3 rings (SSSR count). The zero-order valence-corrected chi connectivity index (χ0v) is 12.9. The first-order chi connectivity index (χ1) is 9.39. The van der Waals surface area contributed by atoms with E-state index < -0.39 is 5.54 Å². The molecule has 0 aromatic rings. The summed E-state index contributed by atoms with van der Waals surface area (Å²) in [5.41, 5.74) is 5.55. The molecule has 4 heteroatoms. The van der Waals surface area contributed by atoms with Crippen LogP contribution in [0.5, 0.6) is 0 Å². The standard InChI is InChI=1S/C16H28N2O2/c1-10(11-6-4-7-11)18-14(19)16(17)12-8-5-9-20-13(12)15(16,2)3/h10-13H,4-9,17H2,1-3H3,(H,18,19). The van der Waals surface area contributed by atoms with Gasteiger partial charge in [-0.25, -0.2) is 0 Å². The van der Waals surface area contributed by atoms with Crippen molar-refractivity contribution in [3.8, 4) is 0 Å². The van der Waals surface area contributed by atoms with E-state index in [0.717, 1.165) is 19.4 Å². The van der Waals surface area contributed by atoms with Gasteiger partial charge in [0.1, 0.15) is 5.54 Å². The summed E-state index contributed by atoms with van der Waals surface area (Å²) in [5, 5.41) is 3.19. The minimum atomic E-state index is -0.768. The van der Waals surface area contributed by atoms with Gasteiger partial charge >= 0.3 is 0 Å². The molecule has 114 valence electrons.